The van der Waals surface area contributed by atoms with E-state index in [2.05, 4.69) is 40.9 Å². The van der Waals surface area contributed by atoms with Crippen LogP contribution in [0.15, 0.2) is 22.7 Å². The van der Waals surface area contributed by atoms with Crippen LogP contribution in [0.1, 0.15) is 31.9 Å². The van der Waals surface area contributed by atoms with E-state index >= 15 is 0 Å². The van der Waals surface area contributed by atoms with E-state index in [0.29, 0.717) is 6.04 Å². The first kappa shape index (κ1) is 13.8. The van der Waals surface area contributed by atoms with E-state index in [9.17, 15) is 5.11 Å². The first-order valence-corrected chi connectivity index (χ1v) is 7.12. The highest BCUT2D eigenvalue weighted by atomic mass is 79.9. The molecule has 0 amide bonds. The third kappa shape index (κ3) is 2.71. The van der Waals surface area contributed by atoms with Gasteiger partial charge in [0.1, 0.15) is 0 Å². The first-order chi connectivity index (χ1) is 8.50. The summed E-state index contributed by atoms with van der Waals surface area (Å²) in [6.45, 7) is 4.73. The van der Waals surface area contributed by atoms with Crippen molar-refractivity contribution in [2.24, 2.45) is 0 Å². The summed E-state index contributed by atoms with van der Waals surface area (Å²) >= 11 is 3.59. The fraction of sp³-hybridized carbons (Fsp3) is 0.571. The molecule has 0 aromatic heterocycles. The zero-order valence-corrected chi connectivity index (χ0v) is 12.6. The van der Waals surface area contributed by atoms with Crippen LogP contribution in [0.3, 0.4) is 0 Å². The molecule has 100 valence electrons. The molecule has 0 saturated carbocycles. The molecular weight excluding hydrogens is 294 g/mol. The largest absolute Gasteiger partial charge is 0.389 e. The third-order valence-electron chi connectivity index (χ3n) is 3.67. The van der Waals surface area contributed by atoms with Crippen LogP contribution in [0, 0.1) is 0 Å². The average molecular weight is 314 g/mol. The van der Waals surface area contributed by atoms with Gasteiger partial charge in [-0.25, -0.2) is 0 Å². The van der Waals surface area contributed by atoms with Gasteiger partial charge >= 0.3 is 0 Å². The van der Waals surface area contributed by atoms with E-state index in [4.69, 9.17) is 4.74 Å². The Kier molecular flexibility index (Phi) is 4.30. The highest BCUT2D eigenvalue weighted by Crippen LogP contribution is 2.32. The maximum Gasteiger partial charge on any atom is 0.0762 e. The third-order valence-corrected chi connectivity index (χ3v) is 4.30. The van der Waals surface area contributed by atoms with Crippen molar-refractivity contribution in [1.29, 1.82) is 0 Å². The van der Waals surface area contributed by atoms with Crippen LogP contribution < -0.4 is 4.90 Å². The van der Waals surface area contributed by atoms with Crippen LogP contribution >= 0.6 is 15.9 Å². The van der Waals surface area contributed by atoms with Gasteiger partial charge in [0.15, 0.2) is 0 Å². The topological polar surface area (TPSA) is 32.7 Å². The van der Waals surface area contributed by atoms with E-state index < -0.39 is 6.10 Å². The van der Waals surface area contributed by atoms with E-state index in [0.717, 1.165) is 28.8 Å². The standard InChI is InChI=1S/C14H20BrNO2/c1-9(17)11-4-5-14(12(15)8-11)16(3)13-6-7-18-10(13)2/h4-5,8-10,13,17H,6-7H2,1-3H3. The summed E-state index contributed by atoms with van der Waals surface area (Å²) < 4.78 is 6.63. The van der Waals surface area contributed by atoms with Gasteiger partial charge in [-0.3, -0.25) is 0 Å². The van der Waals surface area contributed by atoms with Gasteiger partial charge in [-0.05, 0) is 53.9 Å². The summed E-state index contributed by atoms with van der Waals surface area (Å²) in [5.74, 6) is 0. The molecule has 1 N–H and O–H groups in total. The predicted octanol–water partition coefficient (Wildman–Crippen LogP) is 3.12. The second-order valence-corrected chi connectivity index (χ2v) is 5.78. The molecule has 0 aliphatic carbocycles. The van der Waals surface area contributed by atoms with Crippen molar-refractivity contribution in [1.82, 2.24) is 0 Å². The molecular formula is C14H20BrNO2. The first-order valence-electron chi connectivity index (χ1n) is 6.32. The second-order valence-electron chi connectivity index (χ2n) is 4.93. The van der Waals surface area contributed by atoms with Gasteiger partial charge in [-0.15, -0.1) is 0 Å². The maximum atomic E-state index is 9.58. The molecule has 4 heteroatoms. The zero-order chi connectivity index (χ0) is 13.3. The lowest BCUT2D eigenvalue weighted by Gasteiger charge is -2.30. The van der Waals surface area contributed by atoms with Gasteiger partial charge < -0.3 is 14.7 Å². The lowest BCUT2D eigenvalue weighted by Crippen LogP contribution is -2.36. The molecule has 1 aliphatic heterocycles. The number of halogens is 1. The van der Waals surface area contributed by atoms with Crippen LogP contribution in [0.4, 0.5) is 5.69 Å². The van der Waals surface area contributed by atoms with Gasteiger partial charge in [-0.1, -0.05) is 6.07 Å². The molecule has 18 heavy (non-hydrogen) atoms. The zero-order valence-electron chi connectivity index (χ0n) is 11.1. The van der Waals surface area contributed by atoms with Crippen molar-refractivity contribution in [3.8, 4) is 0 Å². The van der Waals surface area contributed by atoms with Crippen LogP contribution in [0.25, 0.3) is 0 Å². The molecule has 1 heterocycles. The van der Waals surface area contributed by atoms with Gasteiger partial charge in [0.05, 0.1) is 23.9 Å². The van der Waals surface area contributed by atoms with Crippen molar-refractivity contribution in [3.05, 3.63) is 28.2 Å². The second kappa shape index (κ2) is 5.59. The minimum Gasteiger partial charge on any atom is -0.389 e. The maximum absolute atomic E-state index is 9.58. The van der Waals surface area contributed by atoms with Crippen molar-refractivity contribution in [3.63, 3.8) is 0 Å². The Morgan fingerprint density at radius 3 is 2.72 bits per heavy atom. The van der Waals surface area contributed by atoms with Crippen LogP contribution in [-0.4, -0.2) is 30.9 Å². The molecule has 1 saturated heterocycles. The Morgan fingerprint density at radius 1 is 1.50 bits per heavy atom. The number of hydrogen-bond donors (Lipinski definition) is 1. The fourth-order valence-corrected chi connectivity index (χ4v) is 3.15. The van der Waals surface area contributed by atoms with E-state index in [1.54, 1.807) is 6.92 Å². The Hall–Kier alpha value is -0.580. The highest BCUT2D eigenvalue weighted by Gasteiger charge is 2.28. The lowest BCUT2D eigenvalue weighted by atomic mass is 10.1. The minimum absolute atomic E-state index is 0.262. The van der Waals surface area contributed by atoms with Crippen LogP contribution in [-0.2, 0) is 4.74 Å². The Bertz CT molecular complexity index is 422. The molecule has 1 aliphatic rings. The number of anilines is 1. The number of rotatable bonds is 3. The van der Waals surface area contributed by atoms with Crippen molar-refractivity contribution < 1.29 is 9.84 Å². The van der Waals surface area contributed by atoms with Gasteiger partial charge in [0.2, 0.25) is 0 Å². The molecule has 3 unspecified atom stereocenters. The van der Waals surface area contributed by atoms with Crippen molar-refractivity contribution >= 4 is 21.6 Å². The molecule has 1 fully saturated rings. The molecule has 3 atom stereocenters. The van der Waals surface area contributed by atoms with Crippen molar-refractivity contribution in [2.45, 2.75) is 38.5 Å². The number of hydrogen-bond acceptors (Lipinski definition) is 3. The van der Waals surface area contributed by atoms with Crippen molar-refractivity contribution in [2.75, 3.05) is 18.6 Å². The average Bonchev–Trinajstić information content (AvgIpc) is 2.74. The molecule has 3 nitrogen and oxygen atoms in total. The van der Waals surface area contributed by atoms with Gasteiger partial charge in [0, 0.05) is 18.1 Å². The number of aliphatic hydroxyl groups excluding tert-OH is 1. The summed E-state index contributed by atoms with van der Waals surface area (Å²) in [4.78, 5) is 2.26. The lowest BCUT2D eigenvalue weighted by molar-refractivity contribution is 0.118. The normalized spacial score (nSPS) is 25.2. The molecule has 0 bridgehead atoms. The number of nitrogens with zero attached hydrogens (tertiary/aromatic N) is 1. The highest BCUT2D eigenvalue weighted by molar-refractivity contribution is 9.10. The Morgan fingerprint density at radius 2 is 2.22 bits per heavy atom. The Balaban J connectivity index is 2.22. The minimum atomic E-state index is -0.436. The summed E-state index contributed by atoms with van der Waals surface area (Å²) in [5, 5.41) is 9.58. The number of ether oxygens (including phenoxy) is 1. The Labute approximate surface area is 117 Å². The molecule has 2 rings (SSSR count). The number of aliphatic hydroxyl groups is 1. The summed E-state index contributed by atoms with van der Waals surface area (Å²) in [6.07, 6.45) is 0.884. The predicted molar refractivity (Wildman–Crippen MR) is 77.0 cm³/mol. The molecule has 1 aromatic rings. The van der Waals surface area contributed by atoms with Gasteiger partial charge in [0.25, 0.3) is 0 Å². The molecule has 1 aromatic carbocycles. The van der Waals surface area contributed by atoms with Crippen LogP contribution in [0.2, 0.25) is 0 Å². The number of likely N-dealkylation sites (N-methyl/N-ethyl adjacent to an activating group) is 1. The van der Waals surface area contributed by atoms with Crippen LogP contribution in [0.5, 0.6) is 0 Å². The fourth-order valence-electron chi connectivity index (χ4n) is 2.48. The van der Waals surface area contributed by atoms with E-state index in [1.807, 2.05) is 12.1 Å². The molecule has 0 spiro atoms. The quantitative estimate of drug-likeness (QED) is 0.930. The number of benzene rings is 1. The van der Waals surface area contributed by atoms with Gasteiger partial charge in [-0.2, -0.15) is 0 Å². The summed E-state index contributed by atoms with van der Waals surface area (Å²) in [6, 6.07) is 6.43. The smallest absolute Gasteiger partial charge is 0.0762 e. The van der Waals surface area contributed by atoms with E-state index in [1.165, 1.54) is 0 Å². The summed E-state index contributed by atoms with van der Waals surface area (Å²) in [7, 11) is 2.10. The molecule has 0 radical (unpaired) electrons. The van der Waals surface area contributed by atoms with E-state index in [-0.39, 0.29) is 6.10 Å². The summed E-state index contributed by atoms with van der Waals surface area (Å²) in [5.41, 5.74) is 2.07. The monoisotopic (exact) mass is 313 g/mol. The SMILES string of the molecule is CC(O)c1ccc(N(C)C2CCOC2C)c(Br)c1.